The lowest BCUT2D eigenvalue weighted by Crippen LogP contribution is -2.32. The molecular weight excluding hydrogens is 150 g/mol. The fourth-order valence-corrected chi connectivity index (χ4v) is 1.10. The Balaban J connectivity index is 3.24. The molecule has 1 N–H and O–H groups in total. The van der Waals surface area contributed by atoms with Gasteiger partial charge in [0, 0.05) is 19.8 Å². The third-order valence-electron chi connectivity index (χ3n) is 2.49. The van der Waals surface area contributed by atoms with Crippen LogP contribution in [-0.2, 0) is 4.74 Å². The second kappa shape index (κ2) is 7.56. The van der Waals surface area contributed by atoms with Crippen molar-refractivity contribution in [2.24, 2.45) is 5.92 Å². The second-order valence-electron chi connectivity index (χ2n) is 3.47. The van der Waals surface area contributed by atoms with Crippen LogP contribution in [0.4, 0.5) is 0 Å². The molecule has 0 unspecified atom stereocenters. The van der Waals surface area contributed by atoms with Gasteiger partial charge >= 0.3 is 0 Å². The number of methoxy groups -OCH3 is 1. The monoisotopic (exact) mass is 173 g/mol. The Morgan fingerprint density at radius 1 is 1.33 bits per heavy atom. The molecule has 12 heavy (non-hydrogen) atoms. The zero-order valence-corrected chi connectivity index (χ0v) is 8.89. The van der Waals surface area contributed by atoms with E-state index in [-0.39, 0.29) is 0 Å². The lowest BCUT2D eigenvalue weighted by Gasteiger charge is -2.19. The van der Waals surface area contributed by atoms with Gasteiger partial charge in [-0.15, -0.1) is 0 Å². The standard InChI is InChI=1S/C10H23NO/c1-5-9(2)10(3)11-7-6-8-12-4/h9-11H,5-8H2,1-4H3/t9-,10+/m1/s1. The highest BCUT2D eigenvalue weighted by Gasteiger charge is 2.07. The van der Waals surface area contributed by atoms with E-state index >= 15 is 0 Å². The van der Waals surface area contributed by atoms with Crippen LogP contribution in [0.5, 0.6) is 0 Å². The van der Waals surface area contributed by atoms with Crippen LogP contribution in [0, 0.1) is 5.92 Å². The molecule has 0 fully saturated rings. The maximum Gasteiger partial charge on any atom is 0.0474 e. The van der Waals surface area contributed by atoms with Crippen LogP contribution in [0.2, 0.25) is 0 Å². The molecule has 0 aromatic heterocycles. The van der Waals surface area contributed by atoms with E-state index in [1.165, 1.54) is 6.42 Å². The molecular formula is C10H23NO. The van der Waals surface area contributed by atoms with Gasteiger partial charge in [0.1, 0.15) is 0 Å². The van der Waals surface area contributed by atoms with Crippen molar-refractivity contribution in [1.29, 1.82) is 0 Å². The van der Waals surface area contributed by atoms with Gasteiger partial charge in [-0.2, -0.15) is 0 Å². The molecule has 0 bridgehead atoms. The number of nitrogens with one attached hydrogen (secondary N) is 1. The van der Waals surface area contributed by atoms with Gasteiger partial charge in [0.05, 0.1) is 0 Å². The van der Waals surface area contributed by atoms with Crippen molar-refractivity contribution in [1.82, 2.24) is 5.32 Å². The second-order valence-corrected chi connectivity index (χ2v) is 3.47. The maximum atomic E-state index is 4.97. The van der Waals surface area contributed by atoms with Gasteiger partial charge in [0.25, 0.3) is 0 Å². The van der Waals surface area contributed by atoms with Crippen LogP contribution in [0.1, 0.15) is 33.6 Å². The molecule has 0 radical (unpaired) electrons. The Morgan fingerprint density at radius 3 is 2.50 bits per heavy atom. The summed E-state index contributed by atoms with van der Waals surface area (Å²) >= 11 is 0. The van der Waals surface area contributed by atoms with Crippen LogP contribution in [0.15, 0.2) is 0 Å². The van der Waals surface area contributed by atoms with Crippen molar-refractivity contribution >= 4 is 0 Å². The minimum absolute atomic E-state index is 0.631. The number of hydrogen-bond acceptors (Lipinski definition) is 2. The van der Waals surface area contributed by atoms with Crippen molar-refractivity contribution in [3.63, 3.8) is 0 Å². The first kappa shape index (κ1) is 11.9. The smallest absolute Gasteiger partial charge is 0.0474 e. The first-order chi connectivity index (χ1) is 5.72. The van der Waals surface area contributed by atoms with Crippen LogP contribution >= 0.6 is 0 Å². The minimum Gasteiger partial charge on any atom is -0.385 e. The summed E-state index contributed by atoms with van der Waals surface area (Å²) in [5, 5.41) is 3.49. The van der Waals surface area contributed by atoms with E-state index in [4.69, 9.17) is 4.74 Å². The largest absolute Gasteiger partial charge is 0.385 e. The molecule has 0 saturated heterocycles. The predicted molar refractivity (Wildman–Crippen MR) is 53.4 cm³/mol. The minimum atomic E-state index is 0.631. The van der Waals surface area contributed by atoms with Crippen LogP contribution in [-0.4, -0.2) is 26.3 Å². The first-order valence-corrected chi connectivity index (χ1v) is 4.94. The molecule has 0 aromatic carbocycles. The number of rotatable bonds is 7. The molecule has 0 aliphatic heterocycles. The van der Waals surface area contributed by atoms with E-state index in [2.05, 4.69) is 26.1 Å². The fraction of sp³-hybridized carbons (Fsp3) is 1.00. The molecule has 74 valence electrons. The van der Waals surface area contributed by atoms with Gasteiger partial charge in [0.2, 0.25) is 0 Å². The Hall–Kier alpha value is -0.0800. The summed E-state index contributed by atoms with van der Waals surface area (Å²) in [7, 11) is 1.75. The summed E-state index contributed by atoms with van der Waals surface area (Å²) in [5.74, 6) is 0.771. The molecule has 0 aliphatic carbocycles. The SMILES string of the molecule is CC[C@@H](C)[C@H](C)NCCCOC. The van der Waals surface area contributed by atoms with Crippen LogP contribution in [0.3, 0.4) is 0 Å². The van der Waals surface area contributed by atoms with Crippen molar-refractivity contribution < 1.29 is 4.74 Å². The Kier molecular flexibility index (Phi) is 7.51. The van der Waals surface area contributed by atoms with E-state index < -0.39 is 0 Å². The summed E-state index contributed by atoms with van der Waals surface area (Å²) in [5.41, 5.74) is 0. The van der Waals surface area contributed by atoms with Gasteiger partial charge < -0.3 is 10.1 Å². The molecule has 0 saturated carbocycles. The van der Waals surface area contributed by atoms with E-state index in [0.717, 1.165) is 25.5 Å². The molecule has 0 aromatic rings. The Bertz CT molecular complexity index is 95.8. The zero-order valence-electron chi connectivity index (χ0n) is 8.89. The molecule has 0 rings (SSSR count). The lowest BCUT2D eigenvalue weighted by atomic mass is 10.0. The molecule has 2 nitrogen and oxygen atoms in total. The fourth-order valence-electron chi connectivity index (χ4n) is 1.10. The van der Waals surface area contributed by atoms with E-state index in [1.807, 2.05) is 0 Å². The molecule has 0 heterocycles. The quantitative estimate of drug-likeness (QED) is 0.595. The van der Waals surface area contributed by atoms with E-state index in [9.17, 15) is 0 Å². The predicted octanol–water partition coefficient (Wildman–Crippen LogP) is 2.05. The summed E-state index contributed by atoms with van der Waals surface area (Å²) in [6, 6.07) is 0.631. The van der Waals surface area contributed by atoms with Crippen molar-refractivity contribution in [3.05, 3.63) is 0 Å². The molecule has 0 amide bonds. The van der Waals surface area contributed by atoms with Crippen LogP contribution < -0.4 is 5.32 Å². The molecule has 2 atom stereocenters. The maximum absolute atomic E-state index is 4.97. The summed E-state index contributed by atoms with van der Waals surface area (Å²) in [6.07, 6.45) is 2.36. The average molecular weight is 173 g/mol. The van der Waals surface area contributed by atoms with Crippen molar-refractivity contribution in [3.8, 4) is 0 Å². The van der Waals surface area contributed by atoms with E-state index in [1.54, 1.807) is 7.11 Å². The highest BCUT2D eigenvalue weighted by Crippen LogP contribution is 2.05. The van der Waals surface area contributed by atoms with E-state index in [0.29, 0.717) is 6.04 Å². The number of ether oxygens (including phenoxy) is 1. The van der Waals surface area contributed by atoms with Gasteiger partial charge in [-0.25, -0.2) is 0 Å². The highest BCUT2D eigenvalue weighted by molar-refractivity contribution is 4.66. The highest BCUT2D eigenvalue weighted by atomic mass is 16.5. The first-order valence-electron chi connectivity index (χ1n) is 4.94. The Labute approximate surface area is 76.7 Å². The normalized spacial score (nSPS) is 16.0. The third kappa shape index (κ3) is 5.56. The topological polar surface area (TPSA) is 21.3 Å². The molecule has 0 spiro atoms. The summed E-state index contributed by atoms with van der Waals surface area (Å²) in [4.78, 5) is 0. The van der Waals surface area contributed by atoms with Gasteiger partial charge in [-0.05, 0) is 25.8 Å². The van der Waals surface area contributed by atoms with Crippen molar-refractivity contribution in [2.45, 2.75) is 39.7 Å². The summed E-state index contributed by atoms with van der Waals surface area (Å²) in [6.45, 7) is 8.70. The summed E-state index contributed by atoms with van der Waals surface area (Å²) < 4.78 is 4.97. The molecule has 2 heteroatoms. The molecule has 0 aliphatic rings. The van der Waals surface area contributed by atoms with Gasteiger partial charge in [-0.3, -0.25) is 0 Å². The lowest BCUT2D eigenvalue weighted by molar-refractivity contribution is 0.192. The zero-order chi connectivity index (χ0) is 9.40. The third-order valence-corrected chi connectivity index (χ3v) is 2.49. The average Bonchev–Trinajstić information content (AvgIpc) is 2.10. The Morgan fingerprint density at radius 2 is 2.00 bits per heavy atom. The van der Waals surface area contributed by atoms with Gasteiger partial charge in [0.15, 0.2) is 0 Å². The van der Waals surface area contributed by atoms with Crippen LogP contribution in [0.25, 0.3) is 0 Å². The van der Waals surface area contributed by atoms with Gasteiger partial charge in [-0.1, -0.05) is 20.3 Å². The number of hydrogen-bond donors (Lipinski definition) is 1. The van der Waals surface area contributed by atoms with Crippen molar-refractivity contribution in [2.75, 3.05) is 20.3 Å².